The van der Waals surface area contributed by atoms with Crippen LogP contribution < -0.4 is 10.1 Å². The molecule has 1 aliphatic rings. The van der Waals surface area contributed by atoms with Gasteiger partial charge in [-0.2, -0.15) is 0 Å². The van der Waals surface area contributed by atoms with Crippen molar-refractivity contribution in [1.82, 2.24) is 10.3 Å². The van der Waals surface area contributed by atoms with Gasteiger partial charge in [0.1, 0.15) is 11.4 Å². The van der Waals surface area contributed by atoms with E-state index in [0.717, 1.165) is 23.1 Å². The summed E-state index contributed by atoms with van der Waals surface area (Å²) in [5.74, 6) is 1.10. The molecule has 1 atom stereocenters. The van der Waals surface area contributed by atoms with Crippen LogP contribution in [0.4, 0.5) is 0 Å². The van der Waals surface area contributed by atoms with Crippen molar-refractivity contribution in [3.8, 4) is 5.75 Å². The van der Waals surface area contributed by atoms with Crippen LogP contribution in [0.5, 0.6) is 5.75 Å². The summed E-state index contributed by atoms with van der Waals surface area (Å²) in [5.41, 5.74) is 2.48. The Hall–Kier alpha value is -2.88. The monoisotopic (exact) mass is 318 g/mol. The summed E-state index contributed by atoms with van der Waals surface area (Å²) >= 11 is 0. The van der Waals surface area contributed by atoms with Gasteiger partial charge >= 0.3 is 0 Å². The van der Waals surface area contributed by atoms with Crippen molar-refractivity contribution in [1.29, 1.82) is 0 Å². The second kappa shape index (κ2) is 6.32. The Morgan fingerprint density at radius 2 is 1.92 bits per heavy atom. The number of hydrogen-bond acceptors (Lipinski definition) is 3. The number of fused-ring (bicyclic) bond motifs is 2. The summed E-state index contributed by atoms with van der Waals surface area (Å²) in [5, 5.41) is 4.02. The third kappa shape index (κ3) is 2.95. The number of carbonyl (C=O) groups excluding carboxylic acids is 1. The zero-order chi connectivity index (χ0) is 16.4. The van der Waals surface area contributed by atoms with E-state index in [4.69, 9.17) is 4.74 Å². The Kier molecular flexibility index (Phi) is 3.87. The van der Waals surface area contributed by atoms with E-state index in [9.17, 15) is 4.79 Å². The van der Waals surface area contributed by atoms with Gasteiger partial charge in [-0.3, -0.25) is 4.79 Å². The lowest BCUT2D eigenvalue weighted by Crippen LogP contribution is -2.35. The summed E-state index contributed by atoms with van der Waals surface area (Å²) in [6.07, 6.45) is 0.918. The van der Waals surface area contributed by atoms with Crippen LogP contribution in [0.3, 0.4) is 0 Å². The largest absolute Gasteiger partial charge is 0.493 e. The van der Waals surface area contributed by atoms with Crippen LogP contribution in [-0.2, 0) is 6.42 Å². The molecule has 2 heterocycles. The molecule has 4 heteroatoms. The lowest BCUT2D eigenvalue weighted by atomic mass is 9.97. The van der Waals surface area contributed by atoms with Gasteiger partial charge in [0.05, 0.1) is 12.1 Å². The number of pyridine rings is 1. The first-order chi connectivity index (χ1) is 11.8. The predicted molar refractivity (Wildman–Crippen MR) is 93.2 cm³/mol. The Balaban J connectivity index is 1.41. The van der Waals surface area contributed by atoms with Crippen LogP contribution in [0.25, 0.3) is 10.9 Å². The number of para-hydroxylation sites is 2. The van der Waals surface area contributed by atoms with Crippen LogP contribution in [0.15, 0.2) is 60.7 Å². The second-order valence-electron chi connectivity index (χ2n) is 6.09. The predicted octanol–water partition coefficient (Wildman–Crippen LogP) is 3.22. The van der Waals surface area contributed by atoms with Gasteiger partial charge in [0.2, 0.25) is 0 Å². The molecule has 0 radical (unpaired) electrons. The van der Waals surface area contributed by atoms with Gasteiger partial charge in [0.25, 0.3) is 5.91 Å². The molecule has 0 saturated heterocycles. The van der Waals surface area contributed by atoms with Crippen molar-refractivity contribution < 1.29 is 9.53 Å². The van der Waals surface area contributed by atoms with E-state index in [0.29, 0.717) is 18.8 Å². The highest BCUT2D eigenvalue weighted by molar-refractivity contribution is 5.94. The molecule has 0 spiro atoms. The zero-order valence-electron chi connectivity index (χ0n) is 13.2. The Labute approximate surface area is 140 Å². The quantitative estimate of drug-likeness (QED) is 0.807. The van der Waals surface area contributed by atoms with E-state index in [1.165, 1.54) is 5.56 Å². The summed E-state index contributed by atoms with van der Waals surface area (Å²) < 4.78 is 5.76. The summed E-state index contributed by atoms with van der Waals surface area (Å²) in [6, 6.07) is 19.5. The molecule has 1 aromatic heterocycles. The molecule has 120 valence electrons. The number of amides is 1. The fraction of sp³-hybridized carbons (Fsp3) is 0.200. The first kappa shape index (κ1) is 14.7. The maximum absolute atomic E-state index is 12.4. The second-order valence-corrected chi connectivity index (χ2v) is 6.09. The molecule has 24 heavy (non-hydrogen) atoms. The molecular formula is C20H18N2O2. The van der Waals surface area contributed by atoms with Crippen LogP contribution in [0, 0.1) is 5.92 Å². The van der Waals surface area contributed by atoms with E-state index in [1.54, 1.807) is 6.07 Å². The Bertz CT molecular complexity index is 891. The molecule has 0 saturated carbocycles. The third-order valence-corrected chi connectivity index (χ3v) is 4.34. The van der Waals surface area contributed by atoms with Gasteiger partial charge in [-0.25, -0.2) is 4.98 Å². The number of nitrogens with zero attached hydrogens (tertiary/aromatic N) is 1. The molecule has 3 aromatic rings. The van der Waals surface area contributed by atoms with E-state index < -0.39 is 0 Å². The highest BCUT2D eigenvalue weighted by atomic mass is 16.5. The number of benzene rings is 2. The molecule has 4 nitrogen and oxygen atoms in total. The van der Waals surface area contributed by atoms with Crippen molar-refractivity contribution in [3.05, 3.63) is 71.9 Å². The van der Waals surface area contributed by atoms with Gasteiger partial charge in [-0.1, -0.05) is 42.5 Å². The van der Waals surface area contributed by atoms with Crippen LogP contribution >= 0.6 is 0 Å². The molecular weight excluding hydrogens is 300 g/mol. The van der Waals surface area contributed by atoms with E-state index >= 15 is 0 Å². The number of aromatic nitrogens is 1. The topological polar surface area (TPSA) is 51.2 Å². The molecule has 2 aromatic carbocycles. The molecule has 0 fully saturated rings. The summed E-state index contributed by atoms with van der Waals surface area (Å²) in [4.78, 5) is 16.8. The van der Waals surface area contributed by atoms with Crippen LogP contribution in [-0.4, -0.2) is 24.0 Å². The lowest BCUT2D eigenvalue weighted by Gasteiger charge is -2.25. The van der Waals surface area contributed by atoms with Crippen molar-refractivity contribution in [2.45, 2.75) is 6.42 Å². The van der Waals surface area contributed by atoms with Crippen molar-refractivity contribution >= 4 is 16.8 Å². The standard InChI is InChI=1S/C20H18N2O2/c23-20(18-10-9-15-5-1-3-7-17(15)22-18)21-12-14-11-16-6-2-4-8-19(16)24-13-14/h1-10,14H,11-13H2,(H,21,23). The molecule has 1 amide bonds. The average molecular weight is 318 g/mol. The van der Waals surface area contributed by atoms with Crippen molar-refractivity contribution in [2.75, 3.05) is 13.2 Å². The van der Waals surface area contributed by atoms with Crippen molar-refractivity contribution in [2.24, 2.45) is 5.92 Å². The fourth-order valence-electron chi connectivity index (χ4n) is 3.04. The number of hydrogen-bond donors (Lipinski definition) is 1. The summed E-state index contributed by atoms with van der Waals surface area (Å²) in [6.45, 7) is 1.21. The minimum Gasteiger partial charge on any atom is -0.493 e. The molecule has 4 rings (SSSR count). The van der Waals surface area contributed by atoms with Gasteiger partial charge in [0.15, 0.2) is 0 Å². The molecule has 1 unspecified atom stereocenters. The highest BCUT2D eigenvalue weighted by Gasteiger charge is 2.20. The number of rotatable bonds is 3. The first-order valence-electron chi connectivity index (χ1n) is 8.14. The smallest absolute Gasteiger partial charge is 0.269 e. The molecule has 0 bridgehead atoms. The van der Waals surface area contributed by atoms with Gasteiger partial charge < -0.3 is 10.1 Å². The number of carbonyl (C=O) groups is 1. The zero-order valence-corrected chi connectivity index (χ0v) is 13.2. The van der Waals surface area contributed by atoms with E-state index in [2.05, 4.69) is 16.4 Å². The third-order valence-electron chi connectivity index (χ3n) is 4.34. The molecule has 1 aliphatic heterocycles. The fourth-order valence-corrected chi connectivity index (χ4v) is 3.04. The molecule has 0 aliphatic carbocycles. The average Bonchev–Trinajstić information content (AvgIpc) is 2.65. The molecule has 1 N–H and O–H groups in total. The van der Waals surface area contributed by atoms with Gasteiger partial charge in [0, 0.05) is 17.8 Å². The minimum absolute atomic E-state index is 0.139. The first-order valence-corrected chi connectivity index (χ1v) is 8.14. The van der Waals surface area contributed by atoms with E-state index in [-0.39, 0.29) is 11.8 Å². The maximum Gasteiger partial charge on any atom is 0.269 e. The van der Waals surface area contributed by atoms with Gasteiger partial charge in [-0.15, -0.1) is 0 Å². The Morgan fingerprint density at radius 3 is 2.88 bits per heavy atom. The lowest BCUT2D eigenvalue weighted by molar-refractivity contribution is 0.0934. The van der Waals surface area contributed by atoms with Crippen LogP contribution in [0.2, 0.25) is 0 Å². The number of nitrogens with one attached hydrogen (secondary N) is 1. The SMILES string of the molecule is O=C(NCC1COc2ccccc2C1)c1ccc2ccccc2n1. The number of ether oxygens (including phenoxy) is 1. The van der Waals surface area contributed by atoms with Crippen molar-refractivity contribution in [3.63, 3.8) is 0 Å². The highest BCUT2D eigenvalue weighted by Crippen LogP contribution is 2.26. The summed E-state index contributed by atoms with van der Waals surface area (Å²) in [7, 11) is 0. The minimum atomic E-state index is -0.139. The maximum atomic E-state index is 12.4. The van der Waals surface area contributed by atoms with Gasteiger partial charge in [-0.05, 0) is 30.2 Å². The van der Waals surface area contributed by atoms with Crippen LogP contribution in [0.1, 0.15) is 16.1 Å². The Morgan fingerprint density at radius 1 is 1.08 bits per heavy atom. The van der Waals surface area contributed by atoms with E-state index in [1.807, 2.05) is 48.5 Å². The normalized spacial score (nSPS) is 16.2.